The Morgan fingerprint density at radius 2 is 1.74 bits per heavy atom. The van der Waals surface area contributed by atoms with Crippen molar-refractivity contribution in [3.63, 3.8) is 0 Å². The van der Waals surface area contributed by atoms with Crippen LogP contribution in [0.25, 0.3) is 21.1 Å². The number of amides is 2. The predicted octanol–water partition coefficient (Wildman–Crippen LogP) is 5.59. The molecular weight excluding hydrogens is 534 g/mol. The number of anilines is 1. The lowest BCUT2D eigenvalue weighted by atomic mass is 9.97. The van der Waals surface area contributed by atoms with Gasteiger partial charge in [0.05, 0.1) is 29.4 Å². The Morgan fingerprint density at radius 1 is 0.949 bits per heavy atom. The molecule has 11 heteroatoms. The number of aromatic nitrogens is 3. The van der Waals surface area contributed by atoms with Gasteiger partial charge in [0.15, 0.2) is 5.13 Å². The van der Waals surface area contributed by atoms with Crippen molar-refractivity contribution in [3.8, 4) is 11.5 Å². The van der Waals surface area contributed by atoms with Crippen LogP contribution in [0.2, 0.25) is 0 Å². The molecule has 6 rings (SSSR count). The lowest BCUT2D eigenvalue weighted by Gasteiger charge is -2.31. The number of carbonyl (C=O) groups excluding carboxylic acids is 2. The van der Waals surface area contributed by atoms with E-state index in [1.165, 1.54) is 22.7 Å². The zero-order valence-electron chi connectivity index (χ0n) is 21.3. The van der Waals surface area contributed by atoms with Gasteiger partial charge in [-0.2, -0.15) is 0 Å². The van der Waals surface area contributed by atoms with E-state index >= 15 is 0 Å². The standard InChI is InChI=1S/C28H25N5O4S2/c1-36-21-8-5-9-23-24(21)31-28(39-23)32-25(34)20-15-38-26(30-20)16-10-12-33(13-11-16)27(35)19-14-22(37-2)17-6-3-4-7-18(17)29-19/h3-9,14-16H,10-13H2,1-2H3,(H,31,32,34). The third-order valence-corrected chi connectivity index (χ3v) is 8.77. The maximum absolute atomic E-state index is 13.3. The minimum Gasteiger partial charge on any atom is -0.496 e. The molecule has 3 aromatic heterocycles. The van der Waals surface area contributed by atoms with Gasteiger partial charge >= 0.3 is 0 Å². The van der Waals surface area contributed by atoms with Crippen molar-refractivity contribution in [2.75, 3.05) is 32.6 Å². The first kappa shape index (κ1) is 25.2. The molecular formula is C28H25N5O4S2. The van der Waals surface area contributed by atoms with E-state index in [0.29, 0.717) is 41.1 Å². The van der Waals surface area contributed by atoms with E-state index in [0.717, 1.165) is 39.0 Å². The fourth-order valence-electron chi connectivity index (χ4n) is 4.80. The molecule has 39 heavy (non-hydrogen) atoms. The molecule has 0 bridgehead atoms. The number of nitrogens with one attached hydrogen (secondary N) is 1. The Bertz CT molecular complexity index is 1690. The average Bonchev–Trinajstić information content (AvgIpc) is 3.63. The van der Waals surface area contributed by atoms with Crippen molar-refractivity contribution in [2.24, 2.45) is 0 Å². The number of fused-ring (bicyclic) bond motifs is 2. The van der Waals surface area contributed by atoms with Gasteiger partial charge in [0.25, 0.3) is 11.8 Å². The predicted molar refractivity (Wildman–Crippen MR) is 152 cm³/mol. The van der Waals surface area contributed by atoms with Crippen LogP contribution in [0.4, 0.5) is 5.13 Å². The van der Waals surface area contributed by atoms with Gasteiger partial charge in [0.2, 0.25) is 0 Å². The number of hydrogen-bond donors (Lipinski definition) is 1. The lowest BCUT2D eigenvalue weighted by molar-refractivity contribution is 0.0707. The molecule has 2 aromatic carbocycles. The summed E-state index contributed by atoms with van der Waals surface area (Å²) in [4.78, 5) is 41.7. The second-order valence-electron chi connectivity index (χ2n) is 9.14. The molecule has 9 nitrogen and oxygen atoms in total. The van der Waals surface area contributed by atoms with Crippen molar-refractivity contribution in [1.29, 1.82) is 0 Å². The van der Waals surface area contributed by atoms with Crippen molar-refractivity contribution in [1.82, 2.24) is 19.9 Å². The van der Waals surface area contributed by atoms with E-state index in [-0.39, 0.29) is 17.7 Å². The second-order valence-corrected chi connectivity index (χ2v) is 11.1. The van der Waals surface area contributed by atoms with Crippen LogP contribution < -0.4 is 14.8 Å². The Kier molecular flexibility index (Phi) is 6.84. The number of piperidine rings is 1. The molecule has 0 saturated carbocycles. The fraction of sp³-hybridized carbons (Fsp3) is 0.250. The molecule has 0 unspecified atom stereocenters. The summed E-state index contributed by atoms with van der Waals surface area (Å²) < 4.78 is 11.8. The zero-order valence-corrected chi connectivity index (χ0v) is 23.0. The summed E-state index contributed by atoms with van der Waals surface area (Å²) in [6, 6.07) is 15.0. The maximum atomic E-state index is 13.3. The molecule has 4 heterocycles. The number of ether oxygens (including phenoxy) is 2. The molecule has 0 aliphatic carbocycles. The van der Waals surface area contributed by atoms with Gasteiger partial charge < -0.3 is 14.4 Å². The van der Waals surface area contributed by atoms with Crippen LogP contribution in [0.15, 0.2) is 53.9 Å². The number of rotatable bonds is 6. The Balaban J connectivity index is 1.10. The highest BCUT2D eigenvalue weighted by Crippen LogP contribution is 2.34. The van der Waals surface area contributed by atoms with E-state index in [1.54, 1.807) is 25.7 Å². The van der Waals surface area contributed by atoms with E-state index in [2.05, 4.69) is 20.3 Å². The first-order valence-corrected chi connectivity index (χ1v) is 14.2. The third-order valence-electron chi connectivity index (χ3n) is 6.83. The Hall–Kier alpha value is -4.09. The zero-order chi connectivity index (χ0) is 26.9. The molecule has 0 radical (unpaired) electrons. The molecule has 1 saturated heterocycles. The molecule has 1 fully saturated rings. The third kappa shape index (κ3) is 4.90. The van der Waals surface area contributed by atoms with Crippen LogP contribution in [0.3, 0.4) is 0 Å². The van der Waals surface area contributed by atoms with Crippen LogP contribution >= 0.6 is 22.7 Å². The topological polar surface area (TPSA) is 107 Å². The highest BCUT2D eigenvalue weighted by atomic mass is 32.1. The number of nitrogens with zero attached hydrogens (tertiary/aromatic N) is 4. The van der Waals surface area contributed by atoms with Crippen LogP contribution in [0, 0.1) is 0 Å². The summed E-state index contributed by atoms with van der Waals surface area (Å²) in [7, 11) is 3.20. The van der Waals surface area contributed by atoms with Crippen LogP contribution in [0.5, 0.6) is 11.5 Å². The highest BCUT2D eigenvalue weighted by molar-refractivity contribution is 7.22. The molecule has 1 aliphatic heterocycles. The minimum atomic E-state index is -0.292. The first-order valence-electron chi connectivity index (χ1n) is 12.5. The molecule has 0 spiro atoms. The van der Waals surface area contributed by atoms with Crippen LogP contribution in [-0.2, 0) is 0 Å². The van der Waals surface area contributed by atoms with Gasteiger partial charge in [-0.05, 0) is 37.1 Å². The van der Waals surface area contributed by atoms with Crippen molar-refractivity contribution >= 4 is 60.7 Å². The number of hydrogen-bond acceptors (Lipinski definition) is 9. The van der Waals surface area contributed by atoms with Gasteiger partial charge in [-0.15, -0.1) is 11.3 Å². The molecule has 2 amide bonds. The SMILES string of the molecule is COc1cc(C(=O)N2CCC(c3nc(C(=O)Nc4nc5c(OC)cccc5s4)cs3)CC2)nc2ccccc12. The number of carbonyl (C=O) groups is 2. The van der Waals surface area contributed by atoms with Crippen molar-refractivity contribution in [3.05, 3.63) is 70.3 Å². The number of benzene rings is 2. The van der Waals surface area contributed by atoms with Crippen molar-refractivity contribution < 1.29 is 19.1 Å². The highest BCUT2D eigenvalue weighted by Gasteiger charge is 2.28. The quantitative estimate of drug-likeness (QED) is 0.289. The summed E-state index contributed by atoms with van der Waals surface area (Å²) >= 11 is 2.87. The monoisotopic (exact) mass is 559 g/mol. The van der Waals surface area contributed by atoms with Gasteiger partial charge in [-0.3, -0.25) is 14.9 Å². The van der Waals surface area contributed by atoms with Crippen LogP contribution in [0.1, 0.15) is 44.7 Å². The van der Waals surface area contributed by atoms with Crippen LogP contribution in [-0.4, -0.2) is 59.0 Å². The number of thiazole rings is 2. The van der Waals surface area contributed by atoms with E-state index in [9.17, 15) is 9.59 Å². The normalized spacial score (nSPS) is 14.1. The molecule has 0 atom stereocenters. The van der Waals surface area contributed by atoms with Gasteiger partial charge in [0, 0.05) is 35.8 Å². The first-order chi connectivity index (χ1) is 19.0. The Labute approximate surface area is 232 Å². The number of likely N-dealkylation sites (tertiary alicyclic amines) is 1. The fourth-order valence-corrected chi connectivity index (χ4v) is 6.65. The molecule has 1 aliphatic rings. The number of methoxy groups -OCH3 is 2. The smallest absolute Gasteiger partial charge is 0.276 e. The number of pyridine rings is 1. The van der Waals surface area contributed by atoms with Gasteiger partial charge in [-0.1, -0.05) is 29.5 Å². The lowest BCUT2D eigenvalue weighted by Crippen LogP contribution is -2.38. The maximum Gasteiger partial charge on any atom is 0.276 e. The molecule has 198 valence electrons. The summed E-state index contributed by atoms with van der Waals surface area (Å²) in [5.74, 6) is 1.09. The summed E-state index contributed by atoms with van der Waals surface area (Å²) in [6.45, 7) is 1.18. The van der Waals surface area contributed by atoms with E-state index < -0.39 is 0 Å². The number of para-hydroxylation sites is 2. The molecule has 5 aromatic rings. The average molecular weight is 560 g/mol. The Morgan fingerprint density at radius 3 is 2.54 bits per heavy atom. The van der Waals surface area contributed by atoms with Gasteiger partial charge in [0.1, 0.15) is 28.4 Å². The van der Waals surface area contributed by atoms with E-state index in [4.69, 9.17) is 9.47 Å². The summed E-state index contributed by atoms with van der Waals surface area (Å²) in [5, 5.41) is 6.93. The van der Waals surface area contributed by atoms with Crippen molar-refractivity contribution in [2.45, 2.75) is 18.8 Å². The molecule has 1 N–H and O–H groups in total. The van der Waals surface area contributed by atoms with Gasteiger partial charge in [-0.25, -0.2) is 15.0 Å². The minimum absolute atomic E-state index is 0.107. The second kappa shape index (κ2) is 10.6. The van der Waals surface area contributed by atoms with E-state index in [1.807, 2.05) is 47.4 Å². The largest absolute Gasteiger partial charge is 0.496 e. The summed E-state index contributed by atoms with van der Waals surface area (Å²) in [5.41, 5.74) is 2.20. The summed E-state index contributed by atoms with van der Waals surface area (Å²) in [6.07, 6.45) is 1.53.